The first-order chi connectivity index (χ1) is 46.2. The van der Waals surface area contributed by atoms with Crippen LogP contribution in [0, 0.1) is 3.95 Å². The van der Waals surface area contributed by atoms with Crippen LogP contribution in [0.3, 0.4) is 0 Å². The van der Waals surface area contributed by atoms with Gasteiger partial charge in [-0.25, -0.2) is 4.98 Å². The van der Waals surface area contributed by atoms with E-state index >= 15 is 0 Å². The molecule has 2 N–H and O–H groups in total. The number of hydrogen-bond donors (Lipinski definition) is 2. The molecule has 0 unspecified atom stereocenters. The number of fused-ring (bicyclic) bond motifs is 2. The van der Waals surface area contributed by atoms with Crippen molar-refractivity contribution in [3.63, 3.8) is 0 Å². The SMILES string of the molecule is CCCCc1ccccc1.CCCc1ccccc1.CCc1ccc2[nH]ccc2c1.CCc1cccc(Cn2c(-c3ccccc3)csc2=S)c1.CCc1ccccc1.CCc1ccccn1.CCc1cccnc1.CCc1ccncc1.CCc1nc2ccccc2[nH]1. The Balaban J connectivity index is 0.000000196. The Morgan fingerprint density at radius 2 is 0.979 bits per heavy atom. The molecule has 6 heterocycles. The third kappa shape index (κ3) is 29.6. The van der Waals surface area contributed by atoms with Crippen LogP contribution in [0.2, 0.25) is 0 Å². The highest BCUT2D eigenvalue weighted by Crippen LogP contribution is 2.25. The van der Waals surface area contributed by atoms with Crippen molar-refractivity contribution in [3.8, 4) is 11.3 Å². The fourth-order valence-corrected chi connectivity index (χ4v) is 10.5. The summed E-state index contributed by atoms with van der Waals surface area (Å²) in [6.45, 7) is 20.2. The van der Waals surface area contributed by atoms with Gasteiger partial charge in [0.15, 0.2) is 3.95 Å². The normalized spacial score (nSPS) is 9.93. The van der Waals surface area contributed by atoms with E-state index in [4.69, 9.17) is 12.2 Å². The van der Waals surface area contributed by atoms with Gasteiger partial charge in [0, 0.05) is 66.7 Å². The number of para-hydroxylation sites is 2. The zero-order chi connectivity index (χ0) is 67.1. The fraction of sp³-hybridized carbons (Fsp3) is 0.259. The van der Waals surface area contributed by atoms with Crippen molar-refractivity contribution in [1.29, 1.82) is 0 Å². The van der Waals surface area contributed by atoms with Crippen molar-refractivity contribution in [2.45, 2.75) is 146 Å². The second-order valence-electron chi connectivity index (χ2n) is 22.1. The van der Waals surface area contributed by atoms with Gasteiger partial charge in [-0.1, -0.05) is 251 Å². The molecule has 7 aromatic carbocycles. The van der Waals surface area contributed by atoms with Gasteiger partial charge in [0.05, 0.1) is 16.7 Å². The molecule has 94 heavy (non-hydrogen) atoms. The lowest BCUT2D eigenvalue weighted by molar-refractivity contribution is 0.795. The highest BCUT2D eigenvalue weighted by atomic mass is 32.1. The van der Waals surface area contributed by atoms with Crippen LogP contribution < -0.4 is 0 Å². The minimum atomic E-state index is 0.834. The largest absolute Gasteiger partial charge is 0.361 e. The molecule has 0 bridgehead atoms. The van der Waals surface area contributed by atoms with Crippen LogP contribution in [-0.4, -0.2) is 34.5 Å². The molecule has 0 spiro atoms. The maximum atomic E-state index is 5.51. The van der Waals surface area contributed by atoms with Crippen molar-refractivity contribution in [3.05, 3.63) is 339 Å². The Morgan fingerprint density at radius 3 is 1.51 bits per heavy atom. The number of unbranched alkanes of at least 4 members (excludes halogenated alkanes) is 1. The molecule has 0 saturated carbocycles. The van der Waals surface area contributed by atoms with E-state index in [2.05, 4.69) is 266 Å². The molecule has 0 saturated heterocycles. The van der Waals surface area contributed by atoms with E-state index in [1.807, 2.05) is 104 Å². The van der Waals surface area contributed by atoms with Gasteiger partial charge < -0.3 is 14.5 Å². The molecule has 488 valence electrons. The molecule has 0 aliphatic rings. The minimum absolute atomic E-state index is 0.834. The predicted octanol–water partition coefficient (Wildman–Crippen LogP) is 23.3. The van der Waals surface area contributed by atoms with Gasteiger partial charge in [-0.05, 0) is 186 Å². The topological polar surface area (TPSA) is 88.1 Å². The molecule has 13 aromatic rings. The van der Waals surface area contributed by atoms with Crippen LogP contribution >= 0.6 is 23.6 Å². The van der Waals surface area contributed by atoms with Gasteiger partial charge in [0.2, 0.25) is 0 Å². The summed E-state index contributed by atoms with van der Waals surface area (Å²) >= 11 is 7.15. The second-order valence-corrected chi connectivity index (χ2v) is 23.6. The molecule has 0 radical (unpaired) electrons. The molecule has 0 aliphatic carbocycles. The molecular weight excluding hydrogens is 1180 g/mol. The van der Waals surface area contributed by atoms with Crippen LogP contribution in [0.5, 0.6) is 0 Å². The first-order valence-electron chi connectivity index (χ1n) is 33.8. The third-order valence-corrected chi connectivity index (χ3v) is 16.3. The summed E-state index contributed by atoms with van der Waals surface area (Å²) in [4.78, 5) is 22.7. The van der Waals surface area contributed by atoms with Crippen molar-refractivity contribution in [1.82, 2.24) is 34.5 Å². The zero-order valence-electron chi connectivity index (χ0n) is 57.3. The van der Waals surface area contributed by atoms with Crippen LogP contribution in [0.4, 0.5) is 0 Å². The molecule has 6 aromatic heterocycles. The Hall–Kier alpha value is -9.15. The molecular formula is C85H101N7S2. The van der Waals surface area contributed by atoms with Gasteiger partial charge in [0.1, 0.15) is 5.82 Å². The van der Waals surface area contributed by atoms with Crippen LogP contribution in [0.25, 0.3) is 33.2 Å². The van der Waals surface area contributed by atoms with Gasteiger partial charge in [-0.2, -0.15) is 0 Å². The van der Waals surface area contributed by atoms with E-state index in [0.29, 0.717) is 0 Å². The summed E-state index contributed by atoms with van der Waals surface area (Å²) < 4.78 is 3.15. The summed E-state index contributed by atoms with van der Waals surface area (Å²) in [5, 5.41) is 3.46. The summed E-state index contributed by atoms with van der Waals surface area (Å²) in [5.41, 5.74) is 18.0. The average Bonchev–Trinajstić information content (AvgIpc) is 1.91. The summed E-state index contributed by atoms with van der Waals surface area (Å²) in [7, 11) is 0. The molecule has 9 heteroatoms. The fourth-order valence-electron chi connectivity index (χ4n) is 9.45. The number of imidazole rings is 1. The highest BCUT2D eigenvalue weighted by Gasteiger charge is 2.08. The van der Waals surface area contributed by atoms with Crippen molar-refractivity contribution in [2.24, 2.45) is 0 Å². The lowest BCUT2D eigenvalue weighted by atomic mass is 10.1. The first kappa shape index (κ1) is 75.6. The summed E-state index contributed by atoms with van der Waals surface area (Å²) in [6, 6.07) is 81.6. The summed E-state index contributed by atoms with van der Waals surface area (Å²) in [6.07, 6.45) is 24.9. The van der Waals surface area contributed by atoms with Crippen molar-refractivity contribution >= 4 is 45.5 Å². The smallest absolute Gasteiger partial charge is 0.161 e. The monoisotopic (exact) mass is 1280 g/mol. The van der Waals surface area contributed by atoms with Gasteiger partial charge in [0.25, 0.3) is 0 Å². The molecule has 0 fully saturated rings. The van der Waals surface area contributed by atoms with Gasteiger partial charge in [-0.15, -0.1) is 11.3 Å². The van der Waals surface area contributed by atoms with Gasteiger partial charge >= 0.3 is 0 Å². The maximum absolute atomic E-state index is 5.51. The molecule has 7 nitrogen and oxygen atoms in total. The molecule has 0 atom stereocenters. The number of hydrogen-bond acceptors (Lipinski definition) is 6. The van der Waals surface area contributed by atoms with E-state index in [1.54, 1.807) is 17.5 Å². The first-order valence-corrected chi connectivity index (χ1v) is 35.1. The Morgan fingerprint density at radius 1 is 0.415 bits per heavy atom. The number of benzene rings is 7. The van der Waals surface area contributed by atoms with E-state index in [9.17, 15) is 0 Å². The number of nitrogens with one attached hydrogen (secondary N) is 2. The van der Waals surface area contributed by atoms with E-state index in [1.165, 1.54) is 98.8 Å². The number of pyridine rings is 3. The molecule has 0 aliphatic heterocycles. The lowest BCUT2D eigenvalue weighted by Crippen LogP contribution is -2.02. The third-order valence-electron chi connectivity index (χ3n) is 15.1. The van der Waals surface area contributed by atoms with E-state index in [-0.39, 0.29) is 0 Å². The number of H-pyrrole nitrogens is 2. The number of aromatic nitrogens is 7. The number of thiazole rings is 1. The number of rotatable bonds is 15. The number of aromatic amines is 2. The number of aryl methyl sites for hydroxylation is 9. The lowest BCUT2D eigenvalue weighted by Gasteiger charge is -2.10. The molecule has 13 rings (SSSR count). The minimum Gasteiger partial charge on any atom is -0.361 e. The second kappa shape index (κ2) is 46.8. The Labute approximate surface area is 572 Å². The van der Waals surface area contributed by atoms with Crippen LogP contribution in [0.15, 0.2) is 279 Å². The highest BCUT2D eigenvalue weighted by molar-refractivity contribution is 7.73. The summed E-state index contributed by atoms with van der Waals surface area (Å²) in [5.74, 6) is 1.06. The number of nitrogens with zero attached hydrogens (tertiary/aromatic N) is 5. The van der Waals surface area contributed by atoms with Crippen LogP contribution in [0.1, 0.15) is 138 Å². The molecule has 0 amide bonds. The van der Waals surface area contributed by atoms with Crippen molar-refractivity contribution < 1.29 is 0 Å². The van der Waals surface area contributed by atoms with Crippen molar-refractivity contribution in [2.75, 3.05) is 0 Å². The predicted molar refractivity (Wildman–Crippen MR) is 409 cm³/mol. The van der Waals surface area contributed by atoms with Gasteiger partial charge in [-0.3, -0.25) is 15.0 Å². The maximum Gasteiger partial charge on any atom is 0.161 e. The zero-order valence-corrected chi connectivity index (χ0v) is 58.9. The standard InChI is InChI=1S/C18H17NS2.C10H11N.C10H14.C9H10N2.C9H12.C8H10.3C7H9N/c1-2-14-7-6-8-15(11-14)12-19-17(13-21-18(19)20)16-9-4-3-5-10-16;1-2-8-3-4-10-9(7-8)5-6-11-10;1-2-3-7-10-8-5-4-6-9-10;1-2-9-10-7-5-3-4-6-8(7)11-9;1-2-6-9-7-4-3-5-8-9;1-2-8-6-4-3-5-7-8;1-2-7-3-5-8-6-4-7;1-2-7-4-3-5-8-6-7;1-2-7-5-3-4-6-8-7/h3-11,13H,2,12H2,1H3;3-7,11H,2H2,1H3;4-6,8-9H,2-3,7H2,1H3;3-6H,2H2,1H3,(H,10,11);3-5,7-8H,2,6H2,1H3;3-7H,2H2,1H3;3*3-6H,2H2,1H3. The van der Waals surface area contributed by atoms with E-state index < -0.39 is 0 Å². The van der Waals surface area contributed by atoms with E-state index in [0.717, 1.165) is 78.0 Å². The van der Waals surface area contributed by atoms with Crippen LogP contribution in [-0.2, 0) is 64.3 Å². The average molecular weight is 1280 g/mol. The Kier molecular flexibility index (Phi) is 37.7. The Bertz CT molecular complexity index is 3810. The quantitative estimate of drug-likeness (QED) is 0.0999.